The van der Waals surface area contributed by atoms with E-state index in [9.17, 15) is 4.39 Å². The van der Waals surface area contributed by atoms with Crippen LogP contribution in [0.5, 0.6) is 23.0 Å². The topological polar surface area (TPSA) is 40.2 Å². The first-order valence-corrected chi connectivity index (χ1v) is 21.6. The van der Waals surface area contributed by atoms with E-state index in [1.165, 1.54) is 5.56 Å². The van der Waals surface area contributed by atoms with E-state index in [1.54, 1.807) is 0 Å². The Labute approximate surface area is 310 Å². The maximum Gasteiger partial charge on any atom is 0.258 e. The molecule has 1 fully saturated rings. The largest absolute Gasteiger partial charge is 0.543 e. The van der Waals surface area contributed by atoms with Crippen molar-refractivity contribution in [3.8, 4) is 23.0 Å². The molecule has 1 saturated heterocycles. The summed E-state index contributed by atoms with van der Waals surface area (Å²) in [5, 5.41) is 0.00334. The van der Waals surface area contributed by atoms with Gasteiger partial charge in [0.15, 0.2) is 0 Å². The van der Waals surface area contributed by atoms with Gasteiger partial charge in [-0.3, -0.25) is 9.29 Å². The number of hydrogen-bond donors (Lipinski definition) is 0. The Balaban J connectivity index is 1.22. The van der Waals surface area contributed by atoms with Crippen LogP contribution in [0.3, 0.4) is 0 Å². The Hall–Kier alpha value is -3.46. The Kier molecular flexibility index (Phi) is 12.4. The molecule has 4 aromatic rings. The van der Waals surface area contributed by atoms with Crippen molar-refractivity contribution in [2.45, 2.75) is 87.4 Å². The number of halogens is 1. The molecule has 0 saturated carbocycles. The van der Waals surface area contributed by atoms with Crippen molar-refractivity contribution >= 4 is 20.1 Å². The van der Waals surface area contributed by atoms with E-state index in [2.05, 4.69) is 101 Å². The van der Waals surface area contributed by atoms with Crippen LogP contribution in [0.1, 0.15) is 76.0 Å². The van der Waals surface area contributed by atoms with Gasteiger partial charge in [-0.2, -0.15) is 0 Å². The smallest absolute Gasteiger partial charge is 0.258 e. The standard InChI is InChI=1S/C43H54FNO4SSi/c1-30(2)51(31(3)4,32(5)6)49-38-18-14-36(15-19-38)43-42(35-12-16-37(17-13-35)46-25-24-45-23-22-34(27-44)28-45)48-40-21-20-39(26-41(40)50-43)47-29-33-10-8-7-9-11-33/h7-21,26,30-32,34,42-43H,22-25,27-29H2,1-6H3/t34-,42-,43+/m0/s1. The summed E-state index contributed by atoms with van der Waals surface area (Å²) in [6.07, 6.45) is 0.723. The first kappa shape index (κ1) is 37.3. The second-order valence-corrected chi connectivity index (χ2v) is 21.5. The molecule has 51 heavy (non-hydrogen) atoms. The molecule has 272 valence electrons. The molecule has 0 bridgehead atoms. The normalized spacial score (nSPS) is 19.3. The van der Waals surface area contributed by atoms with E-state index < -0.39 is 8.32 Å². The van der Waals surface area contributed by atoms with Crippen LogP contribution in [0.4, 0.5) is 4.39 Å². The van der Waals surface area contributed by atoms with Crippen molar-refractivity contribution in [3.05, 3.63) is 114 Å². The highest BCUT2D eigenvalue weighted by Gasteiger charge is 2.47. The lowest BCUT2D eigenvalue weighted by molar-refractivity contribution is 0.190. The second-order valence-electron chi connectivity index (χ2n) is 15.0. The van der Waals surface area contributed by atoms with Crippen molar-refractivity contribution in [2.75, 3.05) is 32.9 Å². The molecule has 0 spiro atoms. The van der Waals surface area contributed by atoms with Gasteiger partial charge in [-0.25, -0.2) is 0 Å². The molecule has 2 aliphatic heterocycles. The lowest BCUT2D eigenvalue weighted by atomic mass is 10.00. The molecular formula is C43H54FNO4SSi. The van der Waals surface area contributed by atoms with E-state index in [-0.39, 0.29) is 23.9 Å². The monoisotopic (exact) mass is 727 g/mol. The van der Waals surface area contributed by atoms with Crippen LogP contribution in [0, 0.1) is 5.92 Å². The Morgan fingerprint density at radius 3 is 2.08 bits per heavy atom. The van der Waals surface area contributed by atoms with Gasteiger partial charge in [-0.1, -0.05) is 96.1 Å². The fraction of sp³-hybridized carbons (Fsp3) is 0.442. The van der Waals surface area contributed by atoms with Gasteiger partial charge in [0, 0.05) is 19.0 Å². The molecule has 0 aliphatic carbocycles. The molecule has 4 aromatic carbocycles. The predicted molar refractivity (Wildman–Crippen MR) is 210 cm³/mol. The third-order valence-corrected chi connectivity index (χ3v) is 18.0. The summed E-state index contributed by atoms with van der Waals surface area (Å²) in [4.78, 5) is 3.35. The molecule has 0 N–H and O–H groups in total. The minimum absolute atomic E-state index is 0.00334. The molecule has 8 heteroatoms. The fourth-order valence-corrected chi connectivity index (χ4v) is 14.5. The van der Waals surface area contributed by atoms with Crippen molar-refractivity contribution in [1.29, 1.82) is 0 Å². The van der Waals surface area contributed by atoms with Gasteiger partial charge in [0.1, 0.15) is 42.3 Å². The maximum atomic E-state index is 13.1. The molecule has 0 aromatic heterocycles. The number of alkyl halides is 1. The van der Waals surface area contributed by atoms with Crippen molar-refractivity contribution < 1.29 is 23.0 Å². The molecule has 5 nitrogen and oxygen atoms in total. The summed E-state index contributed by atoms with van der Waals surface area (Å²) < 4.78 is 39.2. The van der Waals surface area contributed by atoms with Crippen LogP contribution in [-0.4, -0.2) is 46.1 Å². The van der Waals surface area contributed by atoms with Gasteiger partial charge in [0.2, 0.25) is 0 Å². The van der Waals surface area contributed by atoms with E-state index in [0.717, 1.165) is 65.1 Å². The summed E-state index contributed by atoms with van der Waals surface area (Å²) in [6, 6.07) is 33.4. The van der Waals surface area contributed by atoms with E-state index in [0.29, 0.717) is 29.8 Å². The van der Waals surface area contributed by atoms with Crippen LogP contribution in [0.15, 0.2) is 102 Å². The number of likely N-dealkylation sites (tertiary alicyclic amines) is 1. The van der Waals surface area contributed by atoms with E-state index >= 15 is 0 Å². The third-order valence-electron chi connectivity index (χ3n) is 10.6. The van der Waals surface area contributed by atoms with Crippen molar-refractivity contribution in [1.82, 2.24) is 4.90 Å². The Morgan fingerprint density at radius 1 is 0.784 bits per heavy atom. The summed E-state index contributed by atoms with van der Waals surface area (Å²) in [5.74, 6) is 3.63. The average Bonchev–Trinajstić information content (AvgIpc) is 3.61. The summed E-state index contributed by atoms with van der Waals surface area (Å²) in [5.41, 5.74) is 4.90. The minimum atomic E-state index is -2.08. The average molecular weight is 728 g/mol. The van der Waals surface area contributed by atoms with Gasteiger partial charge >= 0.3 is 0 Å². The van der Waals surface area contributed by atoms with Gasteiger partial charge < -0.3 is 18.6 Å². The highest BCUT2D eigenvalue weighted by Crippen LogP contribution is 2.54. The molecule has 3 atom stereocenters. The number of fused-ring (bicyclic) bond motifs is 1. The zero-order valence-electron chi connectivity index (χ0n) is 31.0. The van der Waals surface area contributed by atoms with Crippen LogP contribution >= 0.6 is 11.8 Å². The van der Waals surface area contributed by atoms with E-state index in [1.807, 2.05) is 54.2 Å². The molecule has 0 unspecified atom stereocenters. The molecule has 2 heterocycles. The molecule has 6 rings (SSSR count). The highest BCUT2D eigenvalue weighted by molar-refractivity contribution is 7.99. The molecular weight excluding hydrogens is 674 g/mol. The number of benzene rings is 4. The number of thioether (sulfide) groups is 1. The summed E-state index contributed by atoms with van der Waals surface area (Å²) in [7, 11) is -2.08. The van der Waals surface area contributed by atoms with Crippen molar-refractivity contribution in [2.24, 2.45) is 5.92 Å². The molecule has 0 radical (unpaired) electrons. The van der Waals surface area contributed by atoms with Crippen LogP contribution in [0.25, 0.3) is 0 Å². The number of rotatable bonds is 15. The lowest BCUT2D eigenvalue weighted by Crippen LogP contribution is -2.50. The first-order chi connectivity index (χ1) is 24.7. The zero-order valence-corrected chi connectivity index (χ0v) is 32.8. The van der Waals surface area contributed by atoms with Crippen LogP contribution < -0.4 is 18.6 Å². The van der Waals surface area contributed by atoms with Gasteiger partial charge in [-0.05, 0) is 88.7 Å². The van der Waals surface area contributed by atoms with Gasteiger partial charge in [-0.15, -0.1) is 11.8 Å². The maximum absolute atomic E-state index is 13.1. The first-order valence-electron chi connectivity index (χ1n) is 18.6. The quantitative estimate of drug-likeness (QED) is 0.114. The molecule has 0 amide bonds. The third kappa shape index (κ3) is 8.78. The van der Waals surface area contributed by atoms with Gasteiger partial charge in [0.25, 0.3) is 8.32 Å². The number of hydrogen-bond acceptors (Lipinski definition) is 6. The summed E-state index contributed by atoms with van der Waals surface area (Å²) in [6.45, 7) is 17.4. The highest BCUT2D eigenvalue weighted by atomic mass is 32.2. The lowest BCUT2D eigenvalue weighted by Gasteiger charge is -2.42. The Morgan fingerprint density at radius 2 is 1.43 bits per heavy atom. The number of nitrogens with zero attached hydrogens (tertiary/aromatic N) is 1. The Bertz CT molecular complexity index is 1660. The van der Waals surface area contributed by atoms with Crippen LogP contribution in [0.2, 0.25) is 16.6 Å². The summed E-state index contributed by atoms with van der Waals surface area (Å²) >= 11 is 1.82. The van der Waals surface area contributed by atoms with E-state index in [4.69, 9.17) is 18.6 Å². The SMILES string of the molecule is CC(C)[Si](Oc1ccc([C@H]2Sc3cc(OCc4ccccc4)ccc3O[C@H]2c2ccc(OCCN3CC[C@@H](CF)C3)cc2)cc1)(C(C)C)C(C)C. The van der Waals surface area contributed by atoms with Crippen molar-refractivity contribution in [3.63, 3.8) is 0 Å². The number of ether oxygens (including phenoxy) is 3. The molecule has 2 aliphatic rings. The van der Waals surface area contributed by atoms with Gasteiger partial charge in [0.05, 0.1) is 16.8 Å². The fourth-order valence-electron chi connectivity index (χ4n) is 7.96. The van der Waals surface area contributed by atoms with Crippen LogP contribution in [-0.2, 0) is 6.61 Å². The zero-order chi connectivity index (χ0) is 36.0. The second kappa shape index (κ2) is 16.9. The minimum Gasteiger partial charge on any atom is -0.543 e. The predicted octanol–water partition coefficient (Wildman–Crippen LogP) is 11.5.